The van der Waals surface area contributed by atoms with Gasteiger partial charge in [-0.1, -0.05) is 42.5 Å². The number of aromatic amines is 1. The molecule has 126 valence electrons. The van der Waals surface area contributed by atoms with Crippen LogP contribution in [0.5, 0.6) is 0 Å². The highest BCUT2D eigenvalue weighted by atomic mass is 15.2. The molecule has 0 aliphatic heterocycles. The van der Waals surface area contributed by atoms with Gasteiger partial charge in [0.2, 0.25) is 0 Å². The molecule has 0 aliphatic carbocycles. The van der Waals surface area contributed by atoms with Crippen molar-refractivity contribution < 1.29 is 0 Å². The van der Waals surface area contributed by atoms with E-state index in [0.29, 0.717) is 0 Å². The Morgan fingerprint density at radius 3 is 2.56 bits per heavy atom. The van der Waals surface area contributed by atoms with Gasteiger partial charge in [0, 0.05) is 19.4 Å². The van der Waals surface area contributed by atoms with Gasteiger partial charge in [0.1, 0.15) is 11.6 Å². The number of rotatable bonds is 6. The van der Waals surface area contributed by atoms with Crippen molar-refractivity contribution in [2.45, 2.75) is 32.7 Å². The van der Waals surface area contributed by atoms with Gasteiger partial charge in [0.05, 0.1) is 11.0 Å². The number of nitrogens with one attached hydrogen (secondary N) is 1. The first-order valence-corrected chi connectivity index (χ1v) is 8.65. The smallest absolute Gasteiger partial charge is 0.152 e. The van der Waals surface area contributed by atoms with Crippen LogP contribution in [0, 0.1) is 6.92 Å². The maximum Gasteiger partial charge on any atom is 0.152 e. The minimum atomic E-state index is 0.795. The van der Waals surface area contributed by atoms with E-state index in [1.807, 2.05) is 25.1 Å². The van der Waals surface area contributed by atoms with E-state index in [1.165, 1.54) is 11.1 Å². The molecule has 0 saturated carbocycles. The molecule has 2 aromatic heterocycles. The van der Waals surface area contributed by atoms with Crippen molar-refractivity contribution in [1.82, 2.24) is 24.7 Å². The summed E-state index contributed by atoms with van der Waals surface area (Å²) in [4.78, 5) is 9.24. The molecule has 2 aromatic carbocycles. The van der Waals surface area contributed by atoms with Gasteiger partial charge in [-0.25, -0.2) is 9.97 Å². The summed E-state index contributed by atoms with van der Waals surface area (Å²) in [6.07, 6.45) is 2.65. The second-order valence-corrected chi connectivity index (χ2v) is 6.23. The Morgan fingerprint density at radius 2 is 1.68 bits per heavy atom. The lowest BCUT2D eigenvalue weighted by atomic mass is 10.1. The summed E-state index contributed by atoms with van der Waals surface area (Å²) in [6.45, 7) is 2.88. The van der Waals surface area contributed by atoms with E-state index in [1.54, 1.807) is 0 Å². The summed E-state index contributed by atoms with van der Waals surface area (Å²) in [6, 6.07) is 18.7. The lowest BCUT2D eigenvalue weighted by molar-refractivity contribution is 0.670. The molecule has 0 atom stereocenters. The van der Waals surface area contributed by atoms with Gasteiger partial charge in [-0.05, 0) is 31.0 Å². The molecule has 0 spiro atoms. The van der Waals surface area contributed by atoms with Crippen LogP contribution in [-0.4, -0.2) is 24.7 Å². The van der Waals surface area contributed by atoms with Crippen molar-refractivity contribution in [1.29, 1.82) is 0 Å². The normalized spacial score (nSPS) is 11.2. The molecule has 0 aliphatic rings. The number of aryl methyl sites for hydroxylation is 5. The van der Waals surface area contributed by atoms with E-state index >= 15 is 0 Å². The van der Waals surface area contributed by atoms with Crippen LogP contribution in [0.3, 0.4) is 0 Å². The van der Waals surface area contributed by atoms with Gasteiger partial charge in [-0.15, -0.1) is 0 Å². The van der Waals surface area contributed by atoms with Crippen molar-refractivity contribution in [3.05, 3.63) is 77.6 Å². The Labute approximate surface area is 146 Å². The van der Waals surface area contributed by atoms with Crippen molar-refractivity contribution >= 4 is 11.0 Å². The number of fused-ring (bicyclic) bond motifs is 1. The molecule has 5 heteroatoms. The van der Waals surface area contributed by atoms with Crippen molar-refractivity contribution in [2.24, 2.45) is 0 Å². The zero-order chi connectivity index (χ0) is 17.1. The topological polar surface area (TPSA) is 59.4 Å². The quantitative estimate of drug-likeness (QED) is 0.588. The third-order valence-electron chi connectivity index (χ3n) is 4.48. The van der Waals surface area contributed by atoms with E-state index in [4.69, 9.17) is 0 Å². The predicted molar refractivity (Wildman–Crippen MR) is 98.4 cm³/mol. The highest BCUT2D eigenvalue weighted by Gasteiger charge is 2.09. The second kappa shape index (κ2) is 6.89. The Kier molecular flexibility index (Phi) is 4.29. The molecule has 25 heavy (non-hydrogen) atoms. The standard InChI is InChI=1S/C20H21N5/c1-15-21-17-9-5-6-10-18(17)25(15)14-13-20-22-19(23-24-20)12-11-16-7-3-2-4-8-16/h2-10H,11-14H2,1H3,(H,22,23,24). The van der Waals surface area contributed by atoms with Gasteiger partial charge in [-0.2, -0.15) is 5.10 Å². The lowest BCUT2D eigenvalue weighted by Crippen LogP contribution is -2.04. The molecule has 0 saturated heterocycles. The molecule has 0 unspecified atom stereocenters. The first-order valence-electron chi connectivity index (χ1n) is 8.65. The molecule has 0 radical (unpaired) electrons. The summed E-state index contributed by atoms with van der Waals surface area (Å²) in [7, 11) is 0. The van der Waals surface area contributed by atoms with Crippen LogP contribution < -0.4 is 0 Å². The van der Waals surface area contributed by atoms with E-state index < -0.39 is 0 Å². The van der Waals surface area contributed by atoms with Crippen LogP contribution >= 0.6 is 0 Å². The molecule has 0 bridgehead atoms. The first kappa shape index (κ1) is 15.6. The minimum absolute atomic E-state index is 0.795. The lowest BCUT2D eigenvalue weighted by Gasteiger charge is -2.04. The molecule has 2 heterocycles. The molecule has 5 nitrogen and oxygen atoms in total. The molecular formula is C20H21N5. The molecule has 0 amide bonds. The number of benzene rings is 2. The fraction of sp³-hybridized carbons (Fsp3) is 0.250. The monoisotopic (exact) mass is 331 g/mol. The minimum Gasteiger partial charge on any atom is -0.328 e. The van der Waals surface area contributed by atoms with Crippen LogP contribution in [0.4, 0.5) is 0 Å². The highest BCUT2D eigenvalue weighted by Crippen LogP contribution is 2.16. The molecule has 4 rings (SSSR count). The number of imidazole rings is 1. The van der Waals surface area contributed by atoms with Crippen LogP contribution in [0.2, 0.25) is 0 Å². The van der Waals surface area contributed by atoms with Crippen LogP contribution in [0.1, 0.15) is 23.0 Å². The number of hydrogen-bond donors (Lipinski definition) is 1. The Bertz CT molecular complexity index is 968. The fourth-order valence-corrected chi connectivity index (χ4v) is 3.16. The number of hydrogen-bond acceptors (Lipinski definition) is 3. The Morgan fingerprint density at radius 1 is 0.880 bits per heavy atom. The maximum atomic E-state index is 4.63. The van der Waals surface area contributed by atoms with E-state index in [2.05, 4.69) is 61.1 Å². The molecule has 4 aromatic rings. The Balaban J connectivity index is 1.40. The van der Waals surface area contributed by atoms with Gasteiger partial charge < -0.3 is 4.57 Å². The highest BCUT2D eigenvalue weighted by molar-refractivity contribution is 5.75. The maximum absolute atomic E-state index is 4.63. The summed E-state index contributed by atoms with van der Waals surface area (Å²) >= 11 is 0. The van der Waals surface area contributed by atoms with Gasteiger partial charge in [0.15, 0.2) is 5.82 Å². The fourth-order valence-electron chi connectivity index (χ4n) is 3.16. The second-order valence-electron chi connectivity index (χ2n) is 6.23. The SMILES string of the molecule is Cc1nc2ccccc2n1CCc1n[nH]c(CCc2ccccc2)n1. The summed E-state index contributed by atoms with van der Waals surface area (Å²) in [5, 5.41) is 7.44. The number of aromatic nitrogens is 5. The van der Waals surface area contributed by atoms with Crippen molar-refractivity contribution in [3.8, 4) is 0 Å². The summed E-state index contributed by atoms with van der Waals surface area (Å²) in [5.74, 6) is 2.84. The van der Waals surface area contributed by atoms with Crippen molar-refractivity contribution in [3.63, 3.8) is 0 Å². The van der Waals surface area contributed by atoms with Gasteiger partial charge in [-0.3, -0.25) is 5.10 Å². The van der Waals surface area contributed by atoms with Crippen LogP contribution in [-0.2, 0) is 25.8 Å². The largest absolute Gasteiger partial charge is 0.328 e. The average molecular weight is 331 g/mol. The molecule has 1 N–H and O–H groups in total. The number of para-hydroxylation sites is 2. The van der Waals surface area contributed by atoms with E-state index in [0.717, 1.165) is 48.8 Å². The van der Waals surface area contributed by atoms with E-state index in [9.17, 15) is 0 Å². The average Bonchev–Trinajstić information content (AvgIpc) is 3.22. The zero-order valence-electron chi connectivity index (χ0n) is 14.3. The molecular weight excluding hydrogens is 310 g/mol. The predicted octanol–water partition coefficient (Wildman–Crippen LogP) is 3.49. The van der Waals surface area contributed by atoms with Gasteiger partial charge >= 0.3 is 0 Å². The van der Waals surface area contributed by atoms with E-state index in [-0.39, 0.29) is 0 Å². The van der Waals surface area contributed by atoms with Gasteiger partial charge in [0.25, 0.3) is 0 Å². The number of H-pyrrole nitrogens is 1. The van der Waals surface area contributed by atoms with Crippen LogP contribution in [0.15, 0.2) is 54.6 Å². The number of nitrogens with zero attached hydrogens (tertiary/aromatic N) is 4. The van der Waals surface area contributed by atoms with Crippen LogP contribution in [0.25, 0.3) is 11.0 Å². The summed E-state index contributed by atoms with van der Waals surface area (Å²) < 4.78 is 2.23. The Hall–Kier alpha value is -2.95. The zero-order valence-corrected chi connectivity index (χ0v) is 14.3. The first-order chi connectivity index (χ1) is 12.3. The van der Waals surface area contributed by atoms with Crippen molar-refractivity contribution in [2.75, 3.05) is 0 Å². The third-order valence-corrected chi connectivity index (χ3v) is 4.48. The summed E-state index contributed by atoms with van der Waals surface area (Å²) in [5.41, 5.74) is 3.53. The third kappa shape index (κ3) is 3.45. The molecule has 0 fully saturated rings.